The smallest absolute Gasteiger partial charge is 0.0862 e. The van der Waals surface area contributed by atoms with Gasteiger partial charge < -0.3 is 0 Å². The van der Waals surface area contributed by atoms with Crippen LogP contribution in [0.4, 0.5) is 0 Å². The molecule has 0 spiro atoms. The molecule has 0 saturated carbocycles. The topological polar surface area (TPSA) is 12.9 Å². The minimum Gasteiger partial charge on any atom is -0.252 e. The Kier molecular flexibility index (Phi) is 3.74. The van der Waals surface area contributed by atoms with Crippen LogP contribution in [0, 0.1) is 12.8 Å². The van der Waals surface area contributed by atoms with Crippen LogP contribution < -0.4 is 0 Å². The van der Waals surface area contributed by atoms with Crippen molar-refractivity contribution in [3.05, 3.63) is 39.0 Å². The van der Waals surface area contributed by atoms with E-state index in [2.05, 4.69) is 53.8 Å². The number of aromatic nitrogens is 1. The van der Waals surface area contributed by atoms with Gasteiger partial charge in [-0.15, -0.1) is 0 Å². The van der Waals surface area contributed by atoms with Gasteiger partial charge in [0.15, 0.2) is 0 Å². The molecule has 2 rings (SSSR count). The fourth-order valence-corrected chi connectivity index (χ4v) is 2.89. The second kappa shape index (κ2) is 4.95. The van der Waals surface area contributed by atoms with Gasteiger partial charge in [-0.3, -0.25) is 4.98 Å². The largest absolute Gasteiger partial charge is 0.252 e. The fraction of sp³-hybridized carbons (Fsp3) is 0.357. The standard InChI is InChI=1S/C14H15BrClN/c1-8(2)4-10-7-13(16)11-5-9(3)6-12(15)14(11)17-10/h5-8H,4H2,1-3H3. The monoisotopic (exact) mass is 311 g/mol. The molecule has 3 heteroatoms. The average molecular weight is 313 g/mol. The number of pyridine rings is 1. The molecule has 1 nitrogen and oxygen atoms in total. The van der Waals surface area contributed by atoms with E-state index in [4.69, 9.17) is 11.6 Å². The van der Waals surface area contributed by atoms with E-state index in [1.807, 2.05) is 6.07 Å². The molecule has 0 saturated heterocycles. The van der Waals surface area contributed by atoms with E-state index in [0.29, 0.717) is 5.92 Å². The van der Waals surface area contributed by atoms with Crippen molar-refractivity contribution in [1.82, 2.24) is 4.98 Å². The number of hydrogen-bond donors (Lipinski definition) is 0. The van der Waals surface area contributed by atoms with Crippen LogP contribution in [-0.4, -0.2) is 4.98 Å². The van der Waals surface area contributed by atoms with Crippen molar-refractivity contribution < 1.29 is 0 Å². The van der Waals surface area contributed by atoms with Crippen molar-refractivity contribution in [1.29, 1.82) is 0 Å². The highest BCUT2D eigenvalue weighted by atomic mass is 79.9. The van der Waals surface area contributed by atoms with Crippen LogP contribution in [0.15, 0.2) is 22.7 Å². The molecule has 1 aromatic heterocycles. The fourth-order valence-electron chi connectivity index (χ4n) is 1.95. The third-order valence-corrected chi connectivity index (χ3v) is 3.55. The molecule has 1 aromatic carbocycles. The van der Waals surface area contributed by atoms with Gasteiger partial charge in [-0.25, -0.2) is 0 Å². The predicted molar refractivity (Wildman–Crippen MR) is 77.7 cm³/mol. The molecule has 0 amide bonds. The first-order valence-electron chi connectivity index (χ1n) is 5.72. The zero-order valence-electron chi connectivity index (χ0n) is 10.2. The second-order valence-electron chi connectivity index (χ2n) is 4.84. The highest BCUT2D eigenvalue weighted by molar-refractivity contribution is 9.10. The Morgan fingerprint density at radius 2 is 2.00 bits per heavy atom. The molecule has 0 atom stereocenters. The Hall–Kier alpha value is -0.600. The maximum absolute atomic E-state index is 6.33. The average Bonchev–Trinajstić information content (AvgIpc) is 2.19. The van der Waals surface area contributed by atoms with Crippen LogP contribution in [0.1, 0.15) is 25.1 Å². The molecule has 0 aliphatic heterocycles. The summed E-state index contributed by atoms with van der Waals surface area (Å²) >= 11 is 9.89. The summed E-state index contributed by atoms with van der Waals surface area (Å²) in [4.78, 5) is 4.69. The molecule has 90 valence electrons. The van der Waals surface area contributed by atoms with Gasteiger partial charge in [0.05, 0.1) is 10.5 Å². The summed E-state index contributed by atoms with van der Waals surface area (Å²) in [6.07, 6.45) is 0.954. The van der Waals surface area contributed by atoms with Gasteiger partial charge >= 0.3 is 0 Å². The zero-order valence-corrected chi connectivity index (χ0v) is 12.6. The lowest BCUT2D eigenvalue weighted by molar-refractivity contribution is 0.637. The summed E-state index contributed by atoms with van der Waals surface area (Å²) < 4.78 is 1.01. The Morgan fingerprint density at radius 3 is 2.65 bits per heavy atom. The van der Waals surface area contributed by atoms with E-state index in [9.17, 15) is 0 Å². The third kappa shape index (κ3) is 2.80. The van der Waals surface area contributed by atoms with Gasteiger partial charge in [0.1, 0.15) is 0 Å². The molecular formula is C14H15BrClN. The lowest BCUT2D eigenvalue weighted by Crippen LogP contribution is -1.98. The summed E-state index contributed by atoms with van der Waals surface area (Å²) in [7, 11) is 0. The van der Waals surface area contributed by atoms with Gasteiger partial charge in [-0.2, -0.15) is 0 Å². The Morgan fingerprint density at radius 1 is 1.29 bits per heavy atom. The summed E-state index contributed by atoms with van der Waals surface area (Å²) in [5.74, 6) is 0.584. The SMILES string of the molecule is Cc1cc(Br)c2nc(CC(C)C)cc(Cl)c2c1. The minimum atomic E-state index is 0.584. The normalized spacial score (nSPS) is 11.4. The van der Waals surface area contributed by atoms with Crippen molar-refractivity contribution >= 4 is 38.4 Å². The molecule has 0 radical (unpaired) electrons. The number of hydrogen-bond acceptors (Lipinski definition) is 1. The number of fused-ring (bicyclic) bond motifs is 1. The van der Waals surface area contributed by atoms with E-state index in [-0.39, 0.29) is 0 Å². The summed E-state index contributed by atoms with van der Waals surface area (Å²) in [5, 5.41) is 1.81. The summed E-state index contributed by atoms with van der Waals surface area (Å²) in [6, 6.07) is 6.13. The number of aryl methyl sites for hydroxylation is 1. The van der Waals surface area contributed by atoms with E-state index < -0.39 is 0 Å². The van der Waals surface area contributed by atoms with Gasteiger partial charge in [0.25, 0.3) is 0 Å². The predicted octanol–water partition coefficient (Wildman–Crippen LogP) is 5.16. The molecule has 17 heavy (non-hydrogen) atoms. The van der Waals surface area contributed by atoms with E-state index in [0.717, 1.165) is 32.5 Å². The van der Waals surface area contributed by atoms with Crippen LogP contribution in [0.3, 0.4) is 0 Å². The van der Waals surface area contributed by atoms with Crippen LogP contribution >= 0.6 is 27.5 Å². The van der Waals surface area contributed by atoms with E-state index >= 15 is 0 Å². The first-order chi connectivity index (χ1) is 7.97. The Bertz CT molecular complexity index is 564. The van der Waals surface area contributed by atoms with Gasteiger partial charge in [0.2, 0.25) is 0 Å². The van der Waals surface area contributed by atoms with Gasteiger partial charge in [-0.1, -0.05) is 25.4 Å². The van der Waals surface area contributed by atoms with E-state index in [1.165, 1.54) is 5.56 Å². The van der Waals surface area contributed by atoms with E-state index in [1.54, 1.807) is 0 Å². The second-order valence-corrected chi connectivity index (χ2v) is 6.10. The molecule has 0 aliphatic rings. The zero-order chi connectivity index (χ0) is 12.6. The van der Waals surface area contributed by atoms with Crippen molar-refractivity contribution in [3.63, 3.8) is 0 Å². The van der Waals surface area contributed by atoms with Crippen molar-refractivity contribution in [2.75, 3.05) is 0 Å². The number of nitrogens with zero attached hydrogens (tertiary/aromatic N) is 1. The number of rotatable bonds is 2. The van der Waals surface area contributed by atoms with Gasteiger partial charge in [0, 0.05) is 15.6 Å². The van der Waals surface area contributed by atoms with Gasteiger partial charge in [-0.05, 0) is 59.0 Å². The highest BCUT2D eigenvalue weighted by Gasteiger charge is 2.09. The minimum absolute atomic E-state index is 0.584. The molecule has 1 heterocycles. The van der Waals surface area contributed by atoms with Crippen molar-refractivity contribution in [3.8, 4) is 0 Å². The first kappa shape index (κ1) is 12.8. The van der Waals surface area contributed by atoms with Crippen molar-refractivity contribution in [2.24, 2.45) is 5.92 Å². The third-order valence-electron chi connectivity index (χ3n) is 2.63. The molecule has 2 aromatic rings. The number of benzene rings is 1. The quantitative estimate of drug-likeness (QED) is 0.746. The summed E-state index contributed by atoms with van der Waals surface area (Å²) in [6.45, 7) is 6.43. The molecule has 0 fully saturated rings. The van der Waals surface area contributed by atoms with Crippen LogP contribution in [0.5, 0.6) is 0 Å². The Balaban J connectivity index is 2.64. The highest BCUT2D eigenvalue weighted by Crippen LogP contribution is 2.30. The summed E-state index contributed by atoms with van der Waals surface area (Å²) in [5.41, 5.74) is 3.20. The molecular weight excluding hydrogens is 298 g/mol. The number of halogens is 2. The first-order valence-corrected chi connectivity index (χ1v) is 6.89. The maximum Gasteiger partial charge on any atom is 0.0862 e. The van der Waals surface area contributed by atoms with Crippen molar-refractivity contribution in [2.45, 2.75) is 27.2 Å². The van der Waals surface area contributed by atoms with Crippen LogP contribution in [0.25, 0.3) is 10.9 Å². The molecule has 0 unspecified atom stereocenters. The van der Waals surface area contributed by atoms with Crippen LogP contribution in [-0.2, 0) is 6.42 Å². The molecule has 0 bridgehead atoms. The Labute approximate surface area is 115 Å². The van der Waals surface area contributed by atoms with Crippen LogP contribution in [0.2, 0.25) is 5.02 Å². The lowest BCUT2D eigenvalue weighted by Gasteiger charge is -2.09. The maximum atomic E-state index is 6.33. The molecule has 0 aliphatic carbocycles. The molecule has 0 N–H and O–H groups in total. The lowest BCUT2D eigenvalue weighted by atomic mass is 10.1.